The van der Waals surface area contributed by atoms with Crippen LogP contribution in [0.1, 0.15) is 33.4 Å². The van der Waals surface area contributed by atoms with Gasteiger partial charge in [0.1, 0.15) is 11.4 Å². The largest absolute Gasteiger partial charge is 0.447 e. The molecule has 9 aromatic carbocycles. The molecule has 1 aromatic heterocycles. The fourth-order valence-electron chi connectivity index (χ4n) is 11.1. The van der Waals surface area contributed by atoms with Gasteiger partial charge in [-0.15, -0.1) is 0 Å². The second-order valence-electron chi connectivity index (χ2n) is 16.9. The third-order valence-electron chi connectivity index (χ3n) is 13.7. The second-order valence-corrected chi connectivity index (χ2v) is 16.9. The van der Waals surface area contributed by atoms with Crippen molar-refractivity contribution in [3.63, 3.8) is 0 Å². The third-order valence-corrected chi connectivity index (χ3v) is 13.7. The van der Waals surface area contributed by atoms with Gasteiger partial charge in [0.15, 0.2) is 0 Å². The molecule has 4 aliphatic rings. The molecule has 1 atom stereocenters. The van der Waals surface area contributed by atoms with Gasteiger partial charge in [-0.05, 0) is 103 Å². The number of ether oxygens (including phenoxy) is 1. The van der Waals surface area contributed by atoms with E-state index < -0.39 is 11.6 Å². The standard InChI is InChI=1S/C58H36N4O/c1-3-16-36(17-4-1)53-54-56(63-55(59-54)37-18-5-2-6-19-37)61-57(60-53)62-50-31-29-38(33-45(50)52-40-20-8-7-15-35(40)28-32-51(52)62)39-27-30-44-43-23-11-14-26-48(43)58(49(44)34-39)46-24-12-9-21-41(46)42-22-10-13-25-47(42)58/h1-34,56H,(H,60,61). The summed E-state index contributed by atoms with van der Waals surface area (Å²) in [4.78, 5) is 10.5. The number of hydrogen-bond donors (Lipinski definition) is 1. The number of rotatable bonds is 3. The van der Waals surface area contributed by atoms with E-state index in [9.17, 15) is 0 Å². The number of benzene rings is 9. The number of aliphatic imine (C=N–C) groups is 2. The average molecular weight is 805 g/mol. The molecule has 1 N–H and O–H groups in total. The summed E-state index contributed by atoms with van der Waals surface area (Å²) < 4.78 is 8.90. The third kappa shape index (κ3) is 4.71. The summed E-state index contributed by atoms with van der Waals surface area (Å²) >= 11 is 0. The first-order valence-electron chi connectivity index (χ1n) is 21.6. The Morgan fingerprint density at radius 1 is 0.444 bits per heavy atom. The minimum atomic E-state index is -0.524. The molecular weight excluding hydrogens is 769 g/mol. The lowest BCUT2D eigenvalue weighted by molar-refractivity contribution is 0.228. The minimum Gasteiger partial charge on any atom is -0.447 e. The minimum absolute atomic E-state index is 0.411. The van der Waals surface area contributed by atoms with Crippen LogP contribution in [0.5, 0.6) is 0 Å². The number of aromatic nitrogens is 1. The van der Waals surface area contributed by atoms with Crippen LogP contribution in [0.4, 0.5) is 0 Å². The van der Waals surface area contributed by atoms with Crippen LogP contribution in [0.25, 0.3) is 71.7 Å². The molecule has 5 heteroatoms. The average Bonchev–Trinajstić information content (AvgIpc) is 4.10. The summed E-state index contributed by atoms with van der Waals surface area (Å²) in [5.74, 6) is 1.26. The van der Waals surface area contributed by atoms with Gasteiger partial charge in [0, 0.05) is 21.9 Å². The molecule has 10 aromatic rings. The van der Waals surface area contributed by atoms with Crippen molar-refractivity contribution in [2.45, 2.75) is 11.6 Å². The summed E-state index contributed by atoms with van der Waals surface area (Å²) in [7, 11) is 0. The molecule has 5 nitrogen and oxygen atoms in total. The van der Waals surface area contributed by atoms with Crippen LogP contribution in [0.2, 0.25) is 0 Å². The maximum Gasteiger partial charge on any atom is 0.223 e. The Morgan fingerprint density at radius 3 is 1.73 bits per heavy atom. The zero-order chi connectivity index (χ0) is 41.2. The quantitative estimate of drug-likeness (QED) is 0.193. The van der Waals surface area contributed by atoms with Crippen molar-refractivity contribution >= 4 is 50.1 Å². The van der Waals surface area contributed by atoms with Gasteiger partial charge >= 0.3 is 0 Å². The number of fused-ring (bicyclic) bond motifs is 16. The van der Waals surface area contributed by atoms with Crippen molar-refractivity contribution < 1.29 is 4.74 Å². The van der Waals surface area contributed by atoms with Crippen LogP contribution in [-0.2, 0) is 10.2 Å². The Hall–Kier alpha value is -8.28. The lowest BCUT2D eigenvalue weighted by atomic mass is 9.70. The molecule has 14 rings (SSSR count). The number of nitrogens with one attached hydrogen (secondary N) is 1. The van der Waals surface area contributed by atoms with Crippen LogP contribution in [0.15, 0.2) is 222 Å². The Kier molecular flexibility index (Phi) is 7.03. The summed E-state index contributed by atoms with van der Waals surface area (Å²) in [6.07, 6.45) is -0.524. The van der Waals surface area contributed by atoms with E-state index in [4.69, 9.17) is 14.7 Å². The molecule has 2 aliphatic carbocycles. The fraction of sp³-hybridized carbons (Fsp3) is 0.0345. The van der Waals surface area contributed by atoms with Gasteiger partial charge in [0.05, 0.1) is 16.4 Å². The van der Waals surface area contributed by atoms with Crippen LogP contribution < -0.4 is 5.32 Å². The molecular formula is C58H36N4O. The van der Waals surface area contributed by atoms with E-state index in [2.05, 4.69) is 168 Å². The van der Waals surface area contributed by atoms with E-state index in [1.54, 1.807) is 0 Å². The van der Waals surface area contributed by atoms with Gasteiger partial charge in [0.25, 0.3) is 0 Å². The molecule has 0 saturated heterocycles. The molecule has 63 heavy (non-hydrogen) atoms. The Morgan fingerprint density at radius 2 is 1.02 bits per heavy atom. The first-order valence-corrected chi connectivity index (χ1v) is 21.6. The van der Waals surface area contributed by atoms with Crippen LogP contribution in [-0.4, -0.2) is 22.7 Å². The van der Waals surface area contributed by atoms with Crippen molar-refractivity contribution in [2.75, 3.05) is 0 Å². The highest BCUT2D eigenvalue weighted by Gasteiger charge is 2.51. The van der Waals surface area contributed by atoms with Crippen LogP contribution in [0, 0.1) is 0 Å². The van der Waals surface area contributed by atoms with Crippen LogP contribution >= 0.6 is 0 Å². The van der Waals surface area contributed by atoms with Crippen molar-refractivity contribution in [2.24, 2.45) is 9.98 Å². The van der Waals surface area contributed by atoms with Gasteiger partial charge in [0.2, 0.25) is 18.1 Å². The first-order chi connectivity index (χ1) is 31.2. The highest BCUT2D eigenvalue weighted by Crippen LogP contribution is 2.63. The molecule has 2 aliphatic heterocycles. The molecule has 0 fully saturated rings. The summed E-state index contributed by atoms with van der Waals surface area (Å²) in [5, 5.41) is 8.42. The second kappa shape index (κ2) is 12.9. The topological polar surface area (TPSA) is 50.9 Å². The molecule has 0 saturated carbocycles. The van der Waals surface area contributed by atoms with E-state index in [0.717, 1.165) is 44.5 Å². The molecule has 1 spiro atoms. The highest BCUT2D eigenvalue weighted by molar-refractivity contribution is 6.24. The smallest absolute Gasteiger partial charge is 0.223 e. The zero-order valence-electron chi connectivity index (χ0n) is 34.0. The monoisotopic (exact) mass is 804 g/mol. The molecule has 3 heterocycles. The van der Waals surface area contributed by atoms with Crippen molar-refractivity contribution in [1.82, 2.24) is 9.88 Å². The summed E-state index contributed by atoms with van der Waals surface area (Å²) in [6, 6.07) is 74.6. The summed E-state index contributed by atoms with van der Waals surface area (Å²) in [6.45, 7) is 0. The SMILES string of the molecule is c1ccc(C2=NC3=C(c4ccccc4)N=C(n4c5ccc(-c6ccc7c(c6)C6(c8ccccc8-c8ccccc86)c6ccccc6-7)cc5c5c6ccccc6ccc54)NC3O2)cc1. The van der Waals surface area contributed by atoms with Gasteiger partial charge in [-0.25, -0.2) is 9.98 Å². The van der Waals surface area contributed by atoms with Crippen molar-refractivity contribution in [1.29, 1.82) is 0 Å². The maximum absolute atomic E-state index is 6.63. The van der Waals surface area contributed by atoms with Gasteiger partial charge in [-0.2, -0.15) is 0 Å². The van der Waals surface area contributed by atoms with Crippen molar-refractivity contribution in [3.8, 4) is 33.4 Å². The lowest BCUT2D eigenvalue weighted by Crippen LogP contribution is -2.42. The first kappa shape index (κ1) is 34.4. The van der Waals surface area contributed by atoms with Gasteiger partial charge in [-0.1, -0.05) is 170 Å². The lowest BCUT2D eigenvalue weighted by Gasteiger charge is -2.30. The van der Waals surface area contributed by atoms with E-state index in [-0.39, 0.29) is 0 Å². The maximum atomic E-state index is 6.63. The Labute approximate surface area is 363 Å². The Bertz CT molecular complexity index is 3630. The van der Waals surface area contributed by atoms with Gasteiger partial charge in [-0.3, -0.25) is 4.57 Å². The van der Waals surface area contributed by atoms with Gasteiger partial charge < -0.3 is 10.1 Å². The number of nitrogens with zero attached hydrogens (tertiary/aromatic N) is 3. The normalized spacial score (nSPS) is 16.3. The molecule has 0 bridgehead atoms. The van der Waals surface area contributed by atoms with E-state index in [1.807, 2.05) is 48.5 Å². The molecule has 1 unspecified atom stereocenters. The molecule has 0 amide bonds. The molecule has 0 radical (unpaired) electrons. The van der Waals surface area contributed by atoms with E-state index in [0.29, 0.717) is 11.9 Å². The Balaban J connectivity index is 0.983. The van der Waals surface area contributed by atoms with E-state index in [1.165, 1.54) is 66.2 Å². The fourth-order valence-corrected chi connectivity index (χ4v) is 11.1. The predicted molar refractivity (Wildman–Crippen MR) is 256 cm³/mol. The van der Waals surface area contributed by atoms with E-state index >= 15 is 0 Å². The summed E-state index contributed by atoms with van der Waals surface area (Å²) in [5.41, 5.74) is 18.1. The molecule has 294 valence electrons. The van der Waals surface area contributed by atoms with Crippen molar-refractivity contribution in [3.05, 3.63) is 245 Å². The predicted octanol–water partition coefficient (Wildman–Crippen LogP) is 12.9. The highest BCUT2D eigenvalue weighted by atomic mass is 16.5. The number of hydrogen-bond acceptors (Lipinski definition) is 4. The van der Waals surface area contributed by atoms with Crippen LogP contribution in [0.3, 0.4) is 0 Å². The zero-order valence-corrected chi connectivity index (χ0v) is 34.0.